The van der Waals surface area contributed by atoms with Gasteiger partial charge in [0.15, 0.2) is 0 Å². The van der Waals surface area contributed by atoms with E-state index in [1.54, 1.807) is 11.3 Å². The van der Waals surface area contributed by atoms with E-state index in [0.717, 1.165) is 25.2 Å². The van der Waals surface area contributed by atoms with Crippen LogP contribution in [0.4, 0.5) is 0 Å². The zero-order valence-electron chi connectivity index (χ0n) is 9.82. The molecule has 16 heavy (non-hydrogen) atoms. The predicted octanol–water partition coefficient (Wildman–Crippen LogP) is 1.50. The van der Waals surface area contributed by atoms with Crippen LogP contribution in [0.2, 0.25) is 0 Å². The van der Waals surface area contributed by atoms with E-state index in [1.807, 2.05) is 21.7 Å². The van der Waals surface area contributed by atoms with Crippen molar-refractivity contribution in [2.45, 2.75) is 25.8 Å². The minimum absolute atomic E-state index is 0.0442. The van der Waals surface area contributed by atoms with Gasteiger partial charge in [-0.1, -0.05) is 0 Å². The third-order valence-corrected chi connectivity index (χ3v) is 3.59. The molecule has 0 radical (unpaired) electrons. The van der Waals surface area contributed by atoms with E-state index in [9.17, 15) is 4.79 Å². The van der Waals surface area contributed by atoms with Gasteiger partial charge in [0.2, 0.25) is 5.91 Å². The Morgan fingerprint density at radius 3 is 3.06 bits per heavy atom. The average Bonchev–Trinajstić information content (AvgIpc) is 2.69. The van der Waals surface area contributed by atoms with Crippen molar-refractivity contribution in [3.8, 4) is 0 Å². The molecule has 0 spiro atoms. The average molecular weight is 238 g/mol. The van der Waals surface area contributed by atoms with Crippen molar-refractivity contribution in [2.24, 2.45) is 0 Å². The smallest absolute Gasteiger partial charge is 0.227 e. The second-order valence-electron chi connectivity index (χ2n) is 4.93. The molecule has 1 fully saturated rings. The summed E-state index contributed by atoms with van der Waals surface area (Å²) in [5.74, 6) is 0.243. The third-order valence-electron chi connectivity index (χ3n) is 2.86. The predicted molar refractivity (Wildman–Crippen MR) is 66.7 cm³/mol. The summed E-state index contributed by atoms with van der Waals surface area (Å²) in [6.45, 7) is 6.79. The van der Waals surface area contributed by atoms with E-state index >= 15 is 0 Å². The van der Waals surface area contributed by atoms with Crippen LogP contribution in [0, 0.1) is 0 Å². The van der Waals surface area contributed by atoms with Gasteiger partial charge in [-0.15, -0.1) is 0 Å². The molecule has 0 aromatic carbocycles. The number of thiophene rings is 1. The van der Waals surface area contributed by atoms with Crippen molar-refractivity contribution in [1.29, 1.82) is 0 Å². The first-order valence-electron chi connectivity index (χ1n) is 5.61. The summed E-state index contributed by atoms with van der Waals surface area (Å²) in [6.07, 6.45) is 0.541. The summed E-state index contributed by atoms with van der Waals surface area (Å²) >= 11 is 1.64. The van der Waals surface area contributed by atoms with Gasteiger partial charge in [0.25, 0.3) is 0 Å². The lowest BCUT2D eigenvalue weighted by Gasteiger charge is -2.39. The fourth-order valence-electron chi connectivity index (χ4n) is 2.03. The van der Waals surface area contributed by atoms with Gasteiger partial charge in [-0.05, 0) is 36.2 Å². The van der Waals surface area contributed by atoms with Gasteiger partial charge < -0.3 is 10.2 Å². The SMILES string of the molecule is CC1(C)CN(C(=O)Cc2ccsc2)CCN1. The minimum atomic E-state index is 0.0442. The van der Waals surface area contributed by atoms with Crippen molar-refractivity contribution in [2.75, 3.05) is 19.6 Å². The molecule has 2 heterocycles. The molecule has 1 aliphatic rings. The van der Waals surface area contributed by atoms with Crippen LogP contribution >= 0.6 is 11.3 Å². The van der Waals surface area contributed by atoms with E-state index in [1.165, 1.54) is 0 Å². The summed E-state index contributed by atoms with van der Waals surface area (Å²) < 4.78 is 0. The van der Waals surface area contributed by atoms with Crippen molar-refractivity contribution in [3.05, 3.63) is 22.4 Å². The fraction of sp³-hybridized carbons (Fsp3) is 0.583. The minimum Gasteiger partial charge on any atom is -0.339 e. The van der Waals surface area contributed by atoms with Gasteiger partial charge in [-0.25, -0.2) is 0 Å². The van der Waals surface area contributed by atoms with Crippen molar-refractivity contribution in [3.63, 3.8) is 0 Å². The number of nitrogens with one attached hydrogen (secondary N) is 1. The van der Waals surface area contributed by atoms with Crippen molar-refractivity contribution >= 4 is 17.2 Å². The molecule has 3 nitrogen and oxygen atoms in total. The molecule has 0 aliphatic carbocycles. The Hall–Kier alpha value is -0.870. The molecular weight excluding hydrogens is 220 g/mol. The first-order chi connectivity index (χ1) is 7.57. The first-order valence-corrected chi connectivity index (χ1v) is 6.55. The molecule has 0 saturated carbocycles. The summed E-state index contributed by atoms with van der Waals surface area (Å²) in [5.41, 5.74) is 1.18. The number of amides is 1. The van der Waals surface area contributed by atoms with E-state index in [0.29, 0.717) is 6.42 Å². The molecule has 4 heteroatoms. The summed E-state index contributed by atoms with van der Waals surface area (Å²) in [7, 11) is 0. The van der Waals surface area contributed by atoms with Crippen LogP contribution in [0.15, 0.2) is 16.8 Å². The van der Waals surface area contributed by atoms with Crippen LogP contribution in [-0.4, -0.2) is 36.0 Å². The largest absolute Gasteiger partial charge is 0.339 e. The molecule has 2 rings (SSSR count). The third kappa shape index (κ3) is 2.83. The molecule has 0 unspecified atom stereocenters. The summed E-state index contributed by atoms with van der Waals surface area (Å²) in [4.78, 5) is 14.0. The van der Waals surface area contributed by atoms with E-state index in [-0.39, 0.29) is 11.4 Å². The molecule has 1 aromatic rings. The lowest BCUT2D eigenvalue weighted by molar-refractivity contribution is -0.132. The van der Waals surface area contributed by atoms with Gasteiger partial charge in [0.1, 0.15) is 0 Å². The molecule has 1 saturated heterocycles. The van der Waals surface area contributed by atoms with Crippen LogP contribution in [0.1, 0.15) is 19.4 Å². The Kier molecular flexibility index (Phi) is 3.30. The monoisotopic (exact) mass is 238 g/mol. The van der Waals surface area contributed by atoms with Crippen LogP contribution < -0.4 is 5.32 Å². The maximum Gasteiger partial charge on any atom is 0.227 e. The zero-order valence-corrected chi connectivity index (χ0v) is 10.6. The van der Waals surface area contributed by atoms with Crippen LogP contribution in [0.3, 0.4) is 0 Å². The van der Waals surface area contributed by atoms with E-state index < -0.39 is 0 Å². The van der Waals surface area contributed by atoms with Gasteiger partial charge in [-0.2, -0.15) is 11.3 Å². The molecule has 88 valence electrons. The quantitative estimate of drug-likeness (QED) is 0.847. The summed E-state index contributed by atoms with van der Waals surface area (Å²) in [5, 5.41) is 7.48. The van der Waals surface area contributed by atoms with Gasteiger partial charge in [-0.3, -0.25) is 4.79 Å². The highest BCUT2D eigenvalue weighted by atomic mass is 32.1. The lowest BCUT2D eigenvalue weighted by Crippen LogP contribution is -2.58. The highest BCUT2D eigenvalue weighted by Gasteiger charge is 2.28. The van der Waals surface area contributed by atoms with Crippen molar-refractivity contribution < 1.29 is 4.79 Å². The van der Waals surface area contributed by atoms with Crippen molar-refractivity contribution in [1.82, 2.24) is 10.2 Å². The summed E-state index contributed by atoms with van der Waals surface area (Å²) in [6, 6.07) is 2.02. The number of rotatable bonds is 2. The second kappa shape index (κ2) is 4.55. The zero-order chi connectivity index (χ0) is 11.6. The number of carbonyl (C=O) groups is 1. The standard InChI is InChI=1S/C12H18N2OS/c1-12(2)9-14(5-4-13-12)11(15)7-10-3-6-16-8-10/h3,6,8,13H,4-5,7,9H2,1-2H3. The normalized spacial score (nSPS) is 19.8. The van der Waals surface area contributed by atoms with Crippen LogP contribution in [0.25, 0.3) is 0 Å². The molecule has 1 N–H and O–H groups in total. The Morgan fingerprint density at radius 2 is 2.44 bits per heavy atom. The molecule has 0 atom stereocenters. The number of nitrogens with zero attached hydrogens (tertiary/aromatic N) is 1. The molecular formula is C12H18N2OS. The van der Waals surface area contributed by atoms with Gasteiger partial charge in [0, 0.05) is 25.2 Å². The molecule has 1 aliphatic heterocycles. The first kappa shape index (κ1) is 11.6. The highest BCUT2D eigenvalue weighted by Crippen LogP contribution is 2.13. The Labute approximate surface area is 100 Å². The number of carbonyl (C=O) groups excluding carboxylic acids is 1. The topological polar surface area (TPSA) is 32.3 Å². The maximum atomic E-state index is 12.1. The van der Waals surface area contributed by atoms with Crippen LogP contribution in [-0.2, 0) is 11.2 Å². The molecule has 1 amide bonds. The fourth-order valence-corrected chi connectivity index (χ4v) is 2.70. The van der Waals surface area contributed by atoms with Crippen LogP contribution in [0.5, 0.6) is 0 Å². The van der Waals surface area contributed by atoms with E-state index in [2.05, 4.69) is 19.2 Å². The Balaban J connectivity index is 1.94. The Morgan fingerprint density at radius 1 is 1.62 bits per heavy atom. The van der Waals surface area contributed by atoms with E-state index in [4.69, 9.17) is 0 Å². The van der Waals surface area contributed by atoms with Gasteiger partial charge in [0.05, 0.1) is 6.42 Å². The number of piperazine rings is 1. The highest BCUT2D eigenvalue weighted by molar-refractivity contribution is 7.07. The maximum absolute atomic E-state index is 12.1. The number of hydrogen-bond acceptors (Lipinski definition) is 3. The molecule has 1 aromatic heterocycles. The Bertz CT molecular complexity index is 359. The van der Waals surface area contributed by atoms with Gasteiger partial charge >= 0.3 is 0 Å². The second-order valence-corrected chi connectivity index (χ2v) is 5.71. The lowest BCUT2D eigenvalue weighted by atomic mass is 10.0. The number of hydrogen-bond donors (Lipinski definition) is 1. The molecule has 0 bridgehead atoms.